The molecule has 0 aliphatic rings. The quantitative estimate of drug-likeness (QED) is 0.356. The van der Waals surface area contributed by atoms with Gasteiger partial charge >= 0.3 is 0 Å². The van der Waals surface area contributed by atoms with E-state index in [1.807, 2.05) is 13.0 Å². The van der Waals surface area contributed by atoms with E-state index in [1.165, 1.54) is 0 Å². The number of carbonyl (C=O) groups is 1. The first-order valence-corrected chi connectivity index (χ1v) is 3.63. The van der Waals surface area contributed by atoms with Crippen molar-refractivity contribution in [1.82, 2.24) is 0 Å². The Balaban J connectivity index is 3.11. The van der Waals surface area contributed by atoms with Crippen molar-refractivity contribution in [2.45, 2.75) is 32.2 Å². The molecule has 1 unspecified atom stereocenters. The molecule has 1 atom stereocenters. The lowest BCUT2D eigenvalue weighted by atomic mass is 10.1. The van der Waals surface area contributed by atoms with Crippen molar-refractivity contribution in [1.29, 1.82) is 0 Å². The predicted octanol–water partition coefficient (Wildman–Crippen LogP) is 1.26. The van der Waals surface area contributed by atoms with E-state index in [1.54, 1.807) is 0 Å². The molecule has 2 N–H and O–H groups in total. The van der Waals surface area contributed by atoms with Gasteiger partial charge in [0.25, 0.3) is 0 Å². The van der Waals surface area contributed by atoms with Crippen LogP contribution in [0.4, 0.5) is 0 Å². The molecule has 0 saturated carbocycles. The van der Waals surface area contributed by atoms with Gasteiger partial charge in [-0.15, -0.1) is 0 Å². The summed E-state index contributed by atoms with van der Waals surface area (Å²) in [4.78, 5) is 10.0. The van der Waals surface area contributed by atoms with Gasteiger partial charge in [-0.1, -0.05) is 12.2 Å². The second-order valence-electron chi connectivity index (χ2n) is 2.30. The Morgan fingerprint density at radius 2 is 2.30 bits per heavy atom. The molecule has 2 heteroatoms. The van der Waals surface area contributed by atoms with Gasteiger partial charge in [-0.3, -0.25) is 0 Å². The van der Waals surface area contributed by atoms with Gasteiger partial charge in [-0.25, -0.2) is 0 Å². The van der Waals surface area contributed by atoms with E-state index in [-0.39, 0.29) is 6.04 Å². The number of nitrogens with two attached hydrogens (primary N) is 1. The molecule has 0 aromatic carbocycles. The van der Waals surface area contributed by atoms with Crippen LogP contribution >= 0.6 is 0 Å². The predicted molar refractivity (Wildman–Crippen MR) is 42.7 cm³/mol. The van der Waals surface area contributed by atoms with Gasteiger partial charge in [-0.2, -0.15) is 0 Å². The molecule has 0 rings (SSSR count). The third kappa shape index (κ3) is 5.51. The molecule has 0 bridgehead atoms. The second kappa shape index (κ2) is 6.49. The Hall–Kier alpha value is -0.630. The minimum atomic E-state index is -0.259. The molecule has 2 nitrogen and oxygen atoms in total. The molecule has 0 saturated heterocycles. The fourth-order valence-corrected chi connectivity index (χ4v) is 0.706. The topological polar surface area (TPSA) is 43.1 Å². The zero-order chi connectivity index (χ0) is 7.82. The second-order valence-corrected chi connectivity index (χ2v) is 2.30. The van der Waals surface area contributed by atoms with Crippen LogP contribution in [0, 0.1) is 0 Å². The summed E-state index contributed by atoms with van der Waals surface area (Å²) in [5.74, 6) is 0. The molecule has 0 aromatic heterocycles. The van der Waals surface area contributed by atoms with Crippen LogP contribution in [0.5, 0.6) is 0 Å². The summed E-state index contributed by atoms with van der Waals surface area (Å²) in [5, 5.41) is 0. The van der Waals surface area contributed by atoms with Crippen LogP contribution in [0.3, 0.4) is 0 Å². The van der Waals surface area contributed by atoms with Crippen molar-refractivity contribution < 1.29 is 4.79 Å². The van der Waals surface area contributed by atoms with Gasteiger partial charge < -0.3 is 10.5 Å². The fraction of sp³-hybridized carbons (Fsp3) is 0.625. The van der Waals surface area contributed by atoms with Gasteiger partial charge in [0.15, 0.2) is 0 Å². The third-order valence-corrected chi connectivity index (χ3v) is 1.32. The first kappa shape index (κ1) is 9.37. The van der Waals surface area contributed by atoms with E-state index >= 15 is 0 Å². The van der Waals surface area contributed by atoms with Gasteiger partial charge in [-0.05, 0) is 26.2 Å². The highest BCUT2D eigenvalue weighted by atomic mass is 16.1. The molecule has 0 aliphatic heterocycles. The standard InChI is InChI=1S/C8H15NO/c1-2-3-4-5-6-8(9)7-10/h2-3,7-8H,4-6,9H2,1H3. The SMILES string of the molecule is CC=CCCCC(N)C=O. The summed E-state index contributed by atoms with van der Waals surface area (Å²) in [6, 6.07) is -0.259. The minimum Gasteiger partial charge on any atom is -0.322 e. The van der Waals surface area contributed by atoms with Crippen molar-refractivity contribution in [3.63, 3.8) is 0 Å². The Bertz CT molecular complexity index is 110. The summed E-state index contributed by atoms with van der Waals surface area (Å²) in [5.41, 5.74) is 5.36. The number of unbranched alkanes of at least 4 members (excludes halogenated alkanes) is 1. The van der Waals surface area contributed by atoms with Crippen LogP contribution in [0.1, 0.15) is 26.2 Å². The zero-order valence-electron chi connectivity index (χ0n) is 6.42. The molecule has 58 valence electrons. The molecule has 0 radical (unpaired) electrons. The van der Waals surface area contributed by atoms with Crippen LogP contribution in [-0.2, 0) is 4.79 Å². The van der Waals surface area contributed by atoms with Crippen LogP contribution in [-0.4, -0.2) is 12.3 Å². The Morgan fingerprint density at radius 1 is 1.60 bits per heavy atom. The summed E-state index contributed by atoms with van der Waals surface area (Å²) >= 11 is 0. The van der Waals surface area contributed by atoms with Crippen LogP contribution in [0.25, 0.3) is 0 Å². The fourth-order valence-electron chi connectivity index (χ4n) is 0.706. The number of aldehydes is 1. The zero-order valence-corrected chi connectivity index (χ0v) is 6.42. The van der Waals surface area contributed by atoms with E-state index in [4.69, 9.17) is 5.73 Å². The lowest BCUT2D eigenvalue weighted by molar-refractivity contribution is -0.109. The third-order valence-electron chi connectivity index (χ3n) is 1.32. The number of hydrogen-bond acceptors (Lipinski definition) is 2. The molecule has 0 aromatic rings. The van der Waals surface area contributed by atoms with Crippen LogP contribution in [0.15, 0.2) is 12.2 Å². The van der Waals surface area contributed by atoms with Crippen molar-refractivity contribution >= 4 is 6.29 Å². The average molecular weight is 141 g/mol. The molecule has 0 spiro atoms. The minimum absolute atomic E-state index is 0.259. The number of hydrogen-bond donors (Lipinski definition) is 1. The summed E-state index contributed by atoms with van der Waals surface area (Å²) in [6.45, 7) is 1.99. The molecule has 0 fully saturated rings. The first-order chi connectivity index (χ1) is 4.81. The number of allylic oxidation sites excluding steroid dienone is 2. The smallest absolute Gasteiger partial charge is 0.136 e. The highest BCUT2D eigenvalue weighted by Gasteiger charge is 1.96. The maximum atomic E-state index is 10.0. The van der Waals surface area contributed by atoms with Gasteiger partial charge in [0.05, 0.1) is 6.04 Å². The molecule has 0 aliphatic carbocycles. The van der Waals surface area contributed by atoms with E-state index in [0.717, 1.165) is 25.5 Å². The van der Waals surface area contributed by atoms with Crippen molar-refractivity contribution in [3.05, 3.63) is 12.2 Å². The lowest BCUT2D eigenvalue weighted by Crippen LogP contribution is -2.20. The largest absolute Gasteiger partial charge is 0.322 e. The highest BCUT2D eigenvalue weighted by Crippen LogP contribution is 1.97. The summed E-state index contributed by atoms with van der Waals surface area (Å²) in [6.07, 6.45) is 7.72. The van der Waals surface area contributed by atoms with E-state index in [9.17, 15) is 4.79 Å². The average Bonchev–Trinajstić information content (AvgIpc) is 1.98. The van der Waals surface area contributed by atoms with Gasteiger partial charge in [0.1, 0.15) is 6.29 Å². The molecular formula is C8H15NO. The van der Waals surface area contributed by atoms with Gasteiger partial charge in [0, 0.05) is 0 Å². The molecule has 0 heterocycles. The monoisotopic (exact) mass is 141 g/mol. The van der Waals surface area contributed by atoms with Crippen molar-refractivity contribution in [3.8, 4) is 0 Å². The van der Waals surface area contributed by atoms with Gasteiger partial charge in [0.2, 0.25) is 0 Å². The Kier molecular flexibility index (Phi) is 6.08. The normalized spacial score (nSPS) is 13.8. The number of carbonyl (C=O) groups excluding carboxylic acids is 1. The van der Waals surface area contributed by atoms with E-state index < -0.39 is 0 Å². The lowest BCUT2D eigenvalue weighted by Gasteiger charge is -1.99. The molecule has 0 amide bonds. The Labute approximate surface area is 62.1 Å². The highest BCUT2D eigenvalue weighted by molar-refractivity contribution is 5.56. The molecular weight excluding hydrogens is 126 g/mol. The maximum absolute atomic E-state index is 10.0. The van der Waals surface area contributed by atoms with Crippen LogP contribution < -0.4 is 5.73 Å². The molecule has 10 heavy (non-hydrogen) atoms. The first-order valence-electron chi connectivity index (χ1n) is 3.63. The maximum Gasteiger partial charge on any atom is 0.136 e. The van der Waals surface area contributed by atoms with Crippen molar-refractivity contribution in [2.24, 2.45) is 5.73 Å². The summed E-state index contributed by atoms with van der Waals surface area (Å²) < 4.78 is 0. The Morgan fingerprint density at radius 3 is 2.80 bits per heavy atom. The van der Waals surface area contributed by atoms with E-state index in [2.05, 4.69) is 6.08 Å². The van der Waals surface area contributed by atoms with Crippen molar-refractivity contribution in [2.75, 3.05) is 0 Å². The summed E-state index contributed by atoms with van der Waals surface area (Å²) in [7, 11) is 0. The van der Waals surface area contributed by atoms with Crippen LogP contribution in [0.2, 0.25) is 0 Å². The van der Waals surface area contributed by atoms with E-state index in [0.29, 0.717) is 0 Å². The number of rotatable bonds is 5.